The van der Waals surface area contributed by atoms with Gasteiger partial charge in [0.15, 0.2) is 0 Å². The third-order valence-electron chi connectivity index (χ3n) is 5.06. The number of phenolic OH excluding ortho intramolecular Hbond substituents is 1. The number of benzene rings is 1. The van der Waals surface area contributed by atoms with E-state index in [0.29, 0.717) is 19.4 Å². The number of carbonyl (C=O) groups is 1. The number of carbonyl (C=O) groups excluding carboxylic acids is 1. The lowest BCUT2D eigenvalue weighted by Gasteiger charge is -2.34. The van der Waals surface area contributed by atoms with Crippen LogP contribution in [0.25, 0.3) is 0 Å². The fourth-order valence-corrected chi connectivity index (χ4v) is 3.26. The van der Waals surface area contributed by atoms with Crippen molar-refractivity contribution in [3.63, 3.8) is 0 Å². The van der Waals surface area contributed by atoms with Crippen LogP contribution in [0.4, 0.5) is 5.82 Å². The molecule has 1 aromatic heterocycles. The Bertz CT molecular complexity index is 740. The van der Waals surface area contributed by atoms with E-state index in [1.165, 1.54) is 0 Å². The van der Waals surface area contributed by atoms with E-state index in [2.05, 4.69) is 27.0 Å². The molecular weight excluding hydrogens is 340 g/mol. The second kappa shape index (κ2) is 9.37. The molecule has 1 fully saturated rings. The number of phenols is 1. The summed E-state index contributed by atoms with van der Waals surface area (Å²) in [5.74, 6) is 1.21. The number of anilines is 1. The number of para-hydroxylation sites is 1. The van der Waals surface area contributed by atoms with E-state index in [1.54, 1.807) is 12.1 Å². The number of pyridine rings is 1. The number of piperazine rings is 1. The van der Waals surface area contributed by atoms with Gasteiger partial charge in [0.25, 0.3) is 0 Å². The van der Waals surface area contributed by atoms with Gasteiger partial charge in [-0.15, -0.1) is 0 Å². The molecule has 0 spiro atoms. The lowest BCUT2D eigenvalue weighted by molar-refractivity contribution is -0.121. The van der Waals surface area contributed by atoms with Crippen molar-refractivity contribution in [2.45, 2.75) is 26.3 Å². The van der Waals surface area contributed by atoms with Gasteiger partial charge in [0, 0.05) is 45.3 Å². The van der Waals surface area contributed by atoms with Gasteiger partial charge in [0.2, 0.25) is 5.91 Å². The SMILES string of the molecule is CCN1CCN(c2ccc(CNC(=O)CCc3ccccc3O)cn2)CC1. The van der Waals surface area contributed by atoms with Crippen LogP contribution in [0, 0.1) is 0 Å². The summed E-state index contributed by atoms with van der Waals surface area (Å²) in [6, 6.07) is 11.2. The third kappa shape index (κ3) is 5.44. The Labute approximate surface area is 160 Å². The minimum Gasteiger partial charge on any atom is -0.508 e. The van der Waals surface area contributed by atoms with E-state index in [-0.39, 0.29) is 11.7 Å². The van der Waals surface area contributed by atoms with E-state index in [9.17, 15) is 9.90 Å². The summed E-state index contributed by atoms with van der Waals surface area (Å²) in [4.78, 5) is 21.4. The predicted molar refractivity (Wildman–Crippen MR) is 107 cm³/mol. The summed E-state index contributed by atoms with van der Waals surface area (Å²) < 4.78 is 0. The van der Waals surface area contributed by atoms with E-state index in [4.69, 9.17) is 0 Å². The third-order valence-corrected chi connectivity index (χ3v) is 5.06. The zero-order chi connectivity index (χ0) is 19.1. The smallest absolute Gasteiger partial charge is 0.220 e. The molecule has 0 radical (unpaired) electrons. The van der Waals surface area contributed by atoms with Crippen LogP contribution in [0.15, 0.2) is 42.6 Å². The number of aromatic nitrogens is 1. The first-order chi connectivity index (χ1) is 13.2. The average molecular weight is 368 g/mol. The van der Waals surface area contributed by atoms with Gasteiger partial charge in [0.05, 0.1) is 0 Å². The van der Waals surface area contributed by atoms with Crippen molar-refractivity contribution in [2.24, 2.45) is 0 Å². The van der Waals surface area contributed by atoms with Gasteiger partial charge >= 0.3 is 0 Å². The fourth-order valence-electron chi connectivity index (χ4n) is 3.26. The van der Waals surface area contributed by atoms with Crippen LogP contribution in [-0.2, 0) is 17.8 Å². The van der Waals surface area contributed by atoms with E-state index < -0.39 is 0 Å². The molecule has 0 aliphatic carbocycles. The maximum atomic E-state index is 12.0. The molecule has 2 aromatic rings. The minimum absolute atomic E-state index is 0.0296. The first-order valence-electron chi connectivity index (χ1n) is 9.61. The van der Waals surface area contributed by atoms with Crippen molar-refractivity contribution in [1.29, 1.82) is 0 Å². The highest BCUT2D eigenvalue weighted by Gasteiger charge is 2.16. The Morgan fingerprint density at radius 2 is 1.93 bits per heavy atom. The summed E-state index contributed by atoms with van der Waals surface area (Å²) in [7, 11) is 0. The average Bonchev–Trinajstić information content (AvgIpc) is 2.72. The molecule has 0 saturated carbocycles. The van der Waals surface area contributed by atoms with Crippen molar-refractivity contribution in [2.75, 3.05) is 37.6 Å². The molecule has 6 nitrogen and oxygen atoms in total. The van der Waals surface area contributed by atoms with E-state index in [0.717, 1.165) is 49.7 Å². The van der Waals surface area contributed by atoms with Crippen molar-refractivity contribution in [3.8, 4) is 5.75 Å². The van der Waals surface area contributed by atoms with Crippen molar-refractivity contribution in [1.82, 2.24) is 15.2 Å². The van der Waals surface area contributed by atoms with Gasteiger partial charge in [0.1, 0.15) is 11.6 Å². The molecule has 144 valence electrons. The normalized spacial score (nSPS) is 14.9. The van der Waals surface area contributed by atoms with Gasteiger partial charge in [-0.25, -0.2) is 4.98 Å². The molecule has 3 rings (SSSR count). The molecule has 1 aromatic carbocycles. The van der Waals surface area contributed by atoms with Gasteiger partial charge in [-0.3, -0.25) is 4.79 Å². The monoisotopic (exact) mass is 368 g/mol. The molecule has 1 saturated heterocycles. The van der Waals surface area contributed by atoms with Crippen LogP contribution < -0.4 is 10.2 Å². The highest BCUT2D eigenvalue weighted by molar-refractivity contribution is 5.76. The van der Waals surface area contributed by atoms with Crippen LogP contribution in [0.1, 0.15) is 24.5 Å². The highest BCUT2D eigenvalue weighted by atomic mass is 16.3. The number of hydrogen-bond acceptors (Lipinski definition) is 5. The van der Waals surface area contributed by atoms with E-state index in [1.807, 2.05) is 30.5 Å². The van der Waals surface area contributed by atoms with Crippen LogP contribution in [0.2, 0.25) is 0 Å². The van der Waals surface area contributed by atoms with Crippen molar-refractivity contribution in [3.05, 3.63) is 53.7 Å². The molecular formula is C21H28N4O2. The number of likely N-dealkylation sites (N-methyl/N-ethyl adjacent to an activating group) is 1. The van der Waals surface area contributed by atoms with Gasteiger partial charge in [-0.1, -0.05) is 31.2 Å². The zero-order valence-electron chi connectivity index (χ0n) is 15.9. The second-order valence-electron chi connectivity index (χ2n) is 6.85. The number of hydrogen-bond donors (Lipinski definition) is 2. The Hall–Kier alpha value is -2.60. The van der Waals surface area contributed by atoms with Crippen LogP contribution in [0.3, 0.4) is 0 Å². The highest BCUT2D eigenvalue weighted by Crippen LogP contribution is 2.17. The van der Waals surface area contributed by atoms with Crippen LogP contribution >= 0.6 is 0 Å². The summed E-state index contributed by atoms with van der Waals surface area (Å²) >= 11 is 0. The van der Waals surface area contributed by atoms with Crippen LogP contribution in [-0.4, -0.2) is 53.6 Å². The number of aryl methyl sites for hydroxylation is 1. The molecule has 0 bridgehead atoms. The molecule has 1 aliphatic rings. The summed E-state index contributed by atoms with van der Waals surface area (Å²) in [6.45, 7) is 7.92. The Balaban J connectivity index is 1.43. The number of nitrogens with zero attached hydrogens (tertiary/aromatic N) is 3. The fraction of sp³-hybridized carbons (Fsp3) is 0.429. The Kier molecular flexibility index (Phi) is 6.65. The first-order valence-corrected chi connectivity index (χ1v) is 9.61. The van der Waals surface area contributed by atoms with Crippen molar-refractivity contribution < 1.29 is 9.90 Å². The number of amides is 1. The Morgan fingerprint density at radius 1 is 1.15 bits per heavy atom. The summed E-state index contributed by atoms with van der Waals surface area (Å²) in [6.07, 6.45) is 2.72. The first kappa shape index (κ1) is 19.2. The molecule has 2 heterocycles. The number of nitrogens with one attached hydrogen (secondary N) is 1. The maximum absolute atomic E-state index is 12.0. The number of aromatic hydroxyl groups is 1. The molecule has 27 heavy (non-hydrogen) atoms. The minimum atomic E-state index is -0.0296. The topological polar surface area (TPSA) is 68.7 Å². The van der Waals surface area contributed by atoms with Crippen molar-refractivity contribution >= 4 is 11.7 Å². The second-order valence-corrected chi connectivity index (χ2v) is 6.85. The molecule has 0 atom stereocenters. The van der Waals surface area contributed by atoms with E-state index >= 15 is 0 Å². The van der Waals surface area contributed by atoms with Crippen LogP contribution in [0.5, 0.6) is 5.75 Å². The largest absolute Gasteiger partial charge is 0.508 e. The number of rotatable bonds is 7. The zero-order valence-corrected chi connectivity index (χ0v) is 15.9. The van der Waals surface area contributed by atoms with Gasteiger partial charge in [-0.2, -0.15) is 0 Å². The lowest BCUT2D eigenvalue weighted by atomic mass is 10.1. The molecule has 1 aliphatic heterocycles. The van der Waals surface area contributed by atoms with Gasteiger partial charge in [-0.05, 0) is 36.2 Å². The van der Waals surface area contributed by atoms with Gasteiger partial charge < -0.3 is 20.2 Å². The summed E-state index contributed by atoms with van der Waals surface area (Å²) in [5, 5.41) is 12.7. The predicted octanol–water partition coefficient (Wildman–Crippen LogP) is 2.18. The molecule has 6 heteroatoms. The molecule has 2 N–H and O–H groups in total. The summed E-state index contributed by atoms with van der Waals surface area (Å²) in [5.41, 5.74) is 1.78. The molecule has 0 unspecified atom stereocenters. The maximum Gasteiger partial charge on any atom is 0.220 e. The standard InChI is InChI=1S/C21H28N4O2/c1-2-24-11-13-25(14-12-24)20-9-7-17(15-22-20)16-23-21(27)10-8-18-5-3-4-6-19(18)26/h3-7,9,15,26H,2,8,10-14,16H2,1H3,(H,23,27). The quantitative estimate of drug-likeness (QED) is 0.784. The Morgan fingerprint density at radius 3 is 2.59 bits per heavy atom. The molecule has 1 amide bonds. The lowest BCUT2D eigenvalue weighted by Crippen LogP contribution is -2.46.